The average Bonchev–Trinajstić information content (AvgIpc) is 3.23. The number of furan rings is 1. The van der Waals surface area contributed by atoms with E-state index in [0.717, 1.165) is 5.76 Å². The SMILES string of the molecule is C[C@H](Cn1cccn1)NC(=O)[C@@H]1CC(=O)N(Cc2ccco2)C1. The standard InChI is InChI=1S/C16H20N4O3/c1-12(9-20-6-3-5-17-20)18-16(22)13-8-15(21)19(10-13)11-14-4-2-7-23-14/h2-7,12-13H,8-11H2,1H3,(H,18,22)/t12-,13-/m1/s1. The maximum atomic E-state index is 12.3. The largest absolute Gasteiger partial charge is 0.467 e. The Morgan fingerprint density at radius 2 is 2.39 bits per heavy atom. The van der Waals surface area contributed by atoms with E-state index in [-0.39, 0.29) is 30.2 Å². The molecule has 0 bridgehead atoms. The van der Waals surface area contributed by atoms with E-state index in [0.29, 0.717) is 19.6 Å². The number of nitrogens with one attached hydrogen (secondary N) is 1. The second-order valence-electron chi connectivity index (χ2n) is 5.89. The minimum Gasteiger partial charge on any atom is -0.467 e. The number of nitrogens with zero attached hydrogens (tertiary/aromatic N) is 3. The minimum atomic E-state index is -0.308. The van der Waals surface area contributed by atoms with Crippen molar-refractivity contribution in [3.63, 3.8) is 0 Å². The Kier molecular flexibility index (Phi) is 4.45. The van der Waals surface area contributed by atoms with E-state index in [1.165, 1.54) is 0 Å². The lowest BCUT2D eigenvalue weighted by Crippen LogP contribution is -2.40. The number of amides is 2. The van der Waals surface area contributed by atoms with Gasteiger partial charge in [0.15, 0.2) is 0 Å². The summed E-state index contributed by atoms with van der Waals surface area (Å²) < 4.78 is 7.03. The number of carbonyl (C=O) groups is 2. The van der Waals surface area contributed by atoms with Crippen LogP contribution < -0.4 is 5.32 Å². The van der Waals surface area contributed by atoms with Gasteiger partial charge < -0.3 is 14.6 Å². The van der Waals surface area contributed by atoms with Crippen molar-refractivity contribution >= 4 is 11.8 Å². The highest BCUT2D eigenvalue weighted by Gasteiger charge is 2.34. The number of aromatic nitrogens is 2. The highest BCUT2D eigenvalue weighted by atomic mass is 16.3. The van der Waals surface area contributed by atoms with Crippen LogP contribution >= 0.6 is 0 Å². The molecule has 3 rings (SSSR count). The lowest BCUT2D eigenvalue weighted by atomic mass is 10.1. The Labute approximate surface area is 134 Å². The van der Waals surface area contributed by atoms with Crippen LogP contribution in [0, 0.1) is 5.92 Å². The summed E-state index contributed by atoms with van der Waals surface area (Å²) in [4.78, 5) is 26.1. The van der Waals surface area contributed by atoms with Gasteiger partial charge in [-0.1, -0.05) is 0 Å². The molecule has 23 heavy (non-hydrogen) atoms. The molecule has 7 nitrogen and oxygen atoms in total. The molecule has 1 N–H and O–H groups in total. The molecule has 0 aliphatic carbocycles. The quantitative estimate of drug-likeness (QED) is 0.863. The maximum absolute atomic E-state index is 12.3. The predicted octanol–water partition coefficient (Wildman–Crippen LogP) is 1.03. The smallest absolute Gasteiger partial charge is 0.225 e. The van der Waals surface area contributed by atoms with Gasteiger partial charge >= 0.3 is 0 Å². The first-order chi connectivity index (χ1) is 11.1. The van der Waals surface area contributed by atoms with Crippen LogP contribution in [0.25, 0.3) is 0 Å². The molecule has 1 fully saturated rings. The molecule has 1 aliphatic rings. The first kappa shape index (κ1) is 15.3. The molecule has 7 heteroatoms. The summed E-state index contributed by atoms with van der Waals surface area (Å²) in [7, 11) is 0. The van der Waals surface area contributed by atoms with E-state index in [2.05, 4.69) is 10.4 Å². The second kappa shape index (κ2) is 6.68. The van der Waals surface area contributed by atoms with Crippen LogP contribution in [-0.4, -0.2) is 39.1 Å². The molecule has 122 valence electrons. The molecule has 1 saturated heterocycles. The molecule has 0 spiro atoms. The van der Waals surface area contributed by atoms with Crippen molar-refractivity contribution < 1.29 is 14.0 Å². The zero-order chi connectivity index (χ0) is 16.2. The third-order valence-corrected chi connectivity index (χ3v) is 3.92. The van der Waals surface area contributed by atoms with Crippen LogP contribution in [0.4, 0.5) is 0 Å². The molecule has 2 amide bonds. The fourth-order valence-electron chi connectivity index (χ4n) is 2.79. The summed E-state index contributed by atoms with van der Waals surface area (Å²) in [5.41, 5.74) is 0. The van der Waals surface area contributed by atoms with E-state index in [4.69, 9.17) is 4.42 Å². The number of likely N-dealkylation sites (tertiary alicyclic amines) is 1. The van der Waals surface area contributed by atoms with Crippen LogP contribution in [0.3, 0.4) is 0 Å². The Morgan fingerprint density at radius 3 is 3.09 bits per heavy atom. The third-order valence-electron chi connectivity index (χ3n) is 3.92. The average molecular weight is 316 g/mol. The van der Waals surface area contributed by atoms with Gasteiger partial charge in [0.2, 0.25) is 11.8 Å². The Hall–Kier alpha value is -2.57. The van der Waals surface area contributed by atoms with Crippen molar-refractivity contribution in [2.24, 2.45) is 5.92 Å². The molecule has 0 aromatic carbocycles. The molecule has 0 saturated carbocycles. The van der Waals surface area contributed by atoms with Crippen LogP contribution in [-0.2, 0) is 22.7 Å². The van der Waals surface area contributed by atoms with Gasteiger partial charge in [-0.05, 0) is 25.1 Å². The number of rotatable bonds is 6. The van der Waals surface area contributed by atoms with E-state index >= 15 is 0 Å². The van der Waals surface area contributed by atoms with E-state index in [1.807, 2.05) is 25.3 Å². The zero-order valence-electron chi connectivity index (χ0n) is 13.0. The first-order valence-corrected chi connectivity index (χ1v) is 7.70. The summed E-state index contributed by atoms with van der Waals surface area (Å²) in [5.74, 6) is 0.324. The molecule has 2 aromatic rings. The summed E-state index contributed by atoms with van der Waals surface area (Å²) in [6.45, 7) is 3.38. The topological polar surface area (TPSA) is 80.4 Å². The molecule has 2 atom stereocenters. The van der Waals surface area contributed by atoms with Crippen molar-refractivity contribution in [3.8, 4) is 0 Å². The predicted molar refractivity (Wildman–Crippen MR) is 82.1 cm³/mol. The van der Waals surface area contributed by atoms with Gasteiger partial charge in [0.05, 0.1) is 25.3 Å². The lowest BCUT2D eigenvalue weighted by molar-refractivity contribution is -0.129. The molecular weight excluding hydrogens is 296 g/mol. The Morgan fingerprint density at radius 1 is 1.52 bits per heavy atom. The van der Waals surface area contributed by atoms with Gasteiger partial charge in [-0.3, -0.25) is 14.3 Å². The third kappa shape index (κ3) is 3.80. The van der Waals surface area contributed by atoms with Crippen molar-refractivity contribution in [2.75, 3.05) is 6.54 Å². The fourth-order valence-corrected chi connectivity index (χ4v) is 2.79. The van der Waals surface area contributed by atoms with Crippen LogP contribution in [0.1, 0.15) is 19.1 Å². The zero-order valence-corrected chi connectivity index (χ0v) is 13.0. The summed E-state index contributed by atoms with van der Waals surface area (Å²) in [6, 6.07) is 5.41. The van der Waals surface area contributed by atoms with Crippen LogP contribution in [0.5, 0.6) is 0 Å². The van der Waals surface area contributed by atoms with Crippen molar-refractivity contribution in [1.29, 1.82) is 0 Å². The van der Waals surface area contributed by atoms with E-state index < -0.39 is 0 Å². The van der Waals surface area contributed by atoms with Gasteiger partial charge in [0, 0.05) is 31.4 Å². The number of carbonyl (C=O) groups excluding carboxylic acids is 2. The molecule has 2 aromatic heterocycles. The monoisotopic (exact) mass is 316 g/mol. The van der Waals surface area contributed by atoms with Crippen molar-refractivity contribution in [2.45, 2.75) is 32.5 Å². The van der Waals surface area contributed by atoms with Gasteiger partial charge in [0.25, 0.3) is 0 Å². The second-order valence-corrected chi connectivity index (χ2v) is 5.89. The van der Waals surface area contributed by atoms with Gasteiger partial charge in [-0.15, -0.1) is 0 Å². The fraction of sp³-hybridized carbons (Fsp3) is 0.438. The van der Waals surface area contributed by atoms with Crippen LogP contribution in [0.2, 0.25) is 0 Å². The Balaban J connectivity index is 1.51. The summed E-state index contributed by atoms with van der Waals surface area (Å²) in [6.07, 6.45) is 5.39. The number of hydrogen-bond acceptors (Lipinski definition) is 4. The normalized spacial score (nSPS) is 19.1. The molecular formula is C16H20N4O3. The molecule has 0 unspecified atom stereocenters. The first-order valence-electron chi connectivity index (χ1n) is 7.70. The molecule has 1 aliphatic heterocycles. The van der Waals surface area contributed by atoms with Crippen molar-refractivity contribution in [1.82, 2.24) is 20.0 Å². The maximum Gasteiger partial charge on any atom is 0.225 e. The van der Waals surface area contributed by atoms with Gasteiger partial charge in [-0.2, -0.15) is 5.10 Å². The van der Waals surface area contributed by atoms with E-state index in [1.54, 1.807) is 28.1 Å². The number of hydrogen-bond donors (Lipinski definition) is 1. The minimum absolute atomic E-state index is 0.0127. The lowest BCUT2D eigenvalue weighted by Gasteiger charge is -2.18. The van der Waals surface area contributed by atoms with Crippen LogP contribution in [0.15, 0.2) is 41.3 Å². The Bertz CT molecular complexity index is 651. The van der Waals surface area contributed by atoms with E-state index in [9.17, 15) is 9.59 Å². The molecule has 3 heterocycles. The summed E-state index contributed by atoms with van der Waals surface area (Å²) in [5, 5.41) is 7.08. The van der Waals surface area contributed by atoms with Crippen molar-refractivity contribution in [3.05, 3.63) is 42.6 Å². The molecule has 0 radical (unpaired) electrons. The highest BCUT2D eigenvalue weighted by molar-refractivity contribution is 5.89. The van der Waals surface area contributed by atoms with Gasteiger partial charge in [-0.25, -0.2) is 0 Å². The highest BCUT2D eigenvalue weighted by Crippen LogP contribution is 2.20. The van der Waals surface area contributed by atoms with Gasteiger partial charge in [0.1, 0.15) is 5.76 Å². The summed E-state index contributed by atoms with van der Waals surface area (Å²) >= 11 is 0.